The number of carboxylic acids is 1. The number of hydrogen-bond acceptors (Lipinski definition) is 3. The molecule has 2 unspecified atom stereocenters. The normalized spacial score (nSPS) is 25.7. The zero-order chi connectivity index (χ0) is 13.2. The number of aliphatic carboxylic acids is 1. The van der Waals surface area contributed by atoms with Crippen LogP contribution in [0, 0.1) is 5.92 Å². The maximum atomic E-state index is 11.1. The fourth-order valence-electron chi connectivity index (χ4n) is 2.06. The van der Waals surface area contributed by atoms with Gasteiger partial charge in [0.05, 0.1) is 10.4 Å². The van der Waals surface area contributed by atoms with Crippen LogP contribution < -0.4 is 0 Å². The van der Waals surface area contributed by atoms with Crippen molar-refractivity contribution in [2.24, 2.45) is 5.92 Å². The van der Waals surface area contributed by atoms with Crippen molar-refractivity contribution in [2.45, 2.75) is 38.1 Å². The predicted octanol–water partition coefficient (Wildman–Crippen LogP) is 1.70. The SMILES string of the molecule is CC(=O)CC(C)C(=S)N1CC(Cl)C[C@H]1C(=O)O. The molecule has 1 aliphatic heterocycles. The first-order valence-corrected chi connectivity index (χ1v) is 6.34. The van der Waals surface area contributed by atoms with Crippen molar-refractivity contribution in [3.63, 3.8) is 0 Å². The van der Waals surface area contributed by atoms with Crippen molar-refractivity contribution in [2.75, 3.05) is 6.54 Å². The lowest BCUT2D eigenvalue weighted by atomic mass is 10.0. The van der Waals surface area contributed by atoms with Crippen LogP contribution in [0.2, 0.25) is 0 Å². The molecule has 1 N–H and O–H groups in total. The van der Waals surface area contributed by atoms with Crippen LogP contribution in [0.3, 0.4) is 0 Å². The number of nitrogens with zero attached hydrogens (tertiary/aromatic N) is 1. The van der Waals surface area contributed by atoms with Gasteiger partial charge >= 0.3 is 5.97 Å². The molecule has 0 aromatic heterocycles. The summed E-state index contributed by atoms with van der Waals surface area (Å²) >= 11 is 11.2. The third kappa shape index (κ3) is 3.64. The number of ketones is 1. The van der Waals surface area contributed by atoms with Crippen LogP contribution in [0.15, 0.2) is 0 Å². The van der Waals surface area contributed by atoms with Crippen molar-refractivity contribution in [3.05, 3.63) is 0 Å². The van der Waals surface area contributed by atoms with Gasteiger partial charge in [-0.1, -0.05) is 19.1 Å². The van der Waals surface area contributed by atoms with Crippen LogP contribution in [0.25, 0.3) is 0 Å². The number of carbonyl (C=O) groups is 2. The first-order chi connectivity index (χ1) is 7.82. The van der Waals surface area contributed by atoms with Gasteiger partial charge in [0, 0.05) is 18.9 Å². The summed E-state index contributed by atoms with van der Waals surface area (Å²) in [4.78, 5) is 24.3. The highest BCUT2D eigenvalue weighted by atomic mass is 35.5. The summed E-state index contributed by atoms with van der Waals surface area (Å²) in [7, 11) is 0. The molecule has 1 saturated heterocycles. The molecule has 0 bridgehead atoms. The lowest BCUT2D eigenvalue weighted by Crippen LogP contribution is -2.42. The lowest BCUT2D eigenvalue weighted by molar-refractivity contribution is -0.140. The molecule has 0 aromatic carbocycles. The Hall–Kier alpha value is -0.680. The van der Waals surface area contributed by atoms with E-state index in [0.717, 1.165) is 0 Å². The van der Waals surface area contributed by atoms with Crippen LogP contribution in [-0.2, 0) is 9.59 Å². The van der Waals surface area contributed by atoms with E-state index in [0.29, 0.717) is 24.4 Å². The van der Waals surface area contributed by atoms with E-state index in [1.165, 1.54) is 6.92 Å². The molecule has 0 saturated carbocycles. The molecule has 1 aliphatic rings. The number of carboxylic acid groups (broad SMARTS) is 1. The van der Waals surface area contributed by atoms with Crippen LogP contribution in [0.1, 0.15) is 26.7 Å². The highest BCUT2D eigenvalue weighted by Gasteiger charge is 2.38. The molecule has 0 aliphatic carbocycles. The third-order valence-electron chi connectivity index (χ3n) is 2.83. The summed E-state index contributed by atoms with van der Waals surface area (Å²) in [5, 5.41) is 8.89. The Bertz CT molecular complexity index is 348. The number of alkyl halides is 1. The van der Waals surface area contributed by atoms with E-state index in [1.54, 1.807) is 4.90 Å². The molecule has 1 heterocycles. The Kier molecular flexibility index (Phi) is 4.89. The van der Waals surface area contributed by atoms with Crippen molar-refractivity contribution >= 4 is 40.6 Å². The molecule has 6 heteroatoms. The van der Waals surface area contributed by atoms with E-state index >= 15 is 0 Å². The smallest absolute Gasteiger partial charge is 0.326 e. The average Bonchev–Trinajstić information content (AvgIpc) is 2.58. The number of hydrogen-bond donors (Lipinski definition) is 1. The van der Waals surface area contributed by atoms with Crippen LogP contribution in [0.5, 0.6) is 0 Å². The fraction of sp³-hybridized carbons (Fsp3) is 0.727. The molecule has 3 atom stereocenters. The third-order valence-corrected chi connectivity index (χ3v) is 3.79. The van der Waals surface area contributed by atoms with Crippen LogP contribution >= 0.6 is 23.8 Å². The predicted molar refractivity (Wildman–Crippen MR) is 69.4 cm³/mol. The molecule has 1 fully saturated rings. The van der Waals surface area contributed by atoms with Gasteiger partial charge in [0.2, 0.25) is 0 Å². The van der Waals surface area contributed by atoms with Gasteiger partial charge in [-0.2, -0.15) is 0 Å². The summed E-state index contributed by atoms with van der Waals surface area (Å²) in [5.74, 6) is -0.981. The number of halogens is 1. The first kappa shape index (κ1) is 14.4. The number of carbonyl (C=O) groups excluding carboxylic acids is 1. The highest BCUT2D eigenvalue weighted by Crippen LogP contribution is 2.25. The second-order valence-electron chi connectivity index (χ2n) is 4.48. The molecule has 0 radical (unpaired) electrons. The number of rotatable bonds is 4. The number of Topliss-reactive ketones (excluding diaryl/α,β-unsaturated/α-hetero) is 1. The molecule has 0 spiro atoms. The molecular weight excluding hydrogens is 262 g/mol. The van der Waals surface area contributed by atoms with Crippen molar-refractivity contribution in [1.29, 1.82) is 0 Å². The molecule has 96 valence electrons. The average molecular weight is 278 g/mol. The highest BCUT2D eigenvalue weighted by molar-refractivity contribution is 7.80. The van der Waals surface area contributed by atoms with E-state index in [4.69, 9.17) is 28.9 Å². The Labute approximate surface area is 111 Å². The Morgan fingerprint density at radius 2 is 2.18 bits per heavy atom. The van der Waals surface area contributed by atoms with Gasteiger partial charge in [0.25, 0.3) is 0 Å². The molecule has 0 aromatic rings. The largest absolute Gasteiger partial charge is 0.480 e. The summed E-state index contributed by atoms with van der Waals surface area (Å²) < 4.78 is 0. The van der Waals surface area contributed by atoms with E-state index < -0.39 is 12.0 Å². The lowest BCUT2D eigenvalue weighted by Gasteiger charge is -2.27. The molecule has 17 heavy (non-hydrogen) atoms. The van der Waals surface area contributed by atoms with E-state index in [-0.39, 0.29) is 17.1 Å². The minimum Gasteiger partial charge on any atom is -0.480 e. The van der Waals surface area contributed by atoms with Gasteiger partial charge < -0.3 is 14.8 Å². The second kappa shape index (κ2) is 5.78. The Balaban J connectivity index is 2.73. The summed E-state index contributed by atoms with van der Waals surface area (Å²) in [6.07, 6.45) is 0.735. The Morgan fingerprint density at radius 1 is 1.59 bits per heavy atom. The van der Waals surface area contributed by atoms with Gasteiger partial charge in [0.1, 0.15) is 11.8 Å². The van der Waals surface area contributed by atoms with E-state index in [2.05, 4.69) is 0 Å². The van der Waals surface area contributed by atoms with E-state index in [9.17, 15) is 9.59 Å². The zero-order valence-corrected chi connectivity index (χ0v) is 11.4. The number of likely N-dealkylation sites (tertiary alicyclic amines) is 1. The molecule has 0 amide bonds. The fourth-order valence-corrected chi connectivity index (χ4v) is 2.67. The van der Waals surface area contributed by atoms with Crippen molar-refractivity contribution in [3.8, 4) is 0 Å². The minimum atomic E-state index is -0.912. The van der Waals surface area contributed by atoms with Gasteiger partial charge in [-0.05, 0) is 13.3 Å². The van der Waals surface area contributed by atoms with Crippen molar-refractivity contribution in [1.82, 2.24) is 4.90 Å². The maximum Gasteiger partial charge on any atom is 0.326 e. The summed E-state index contributed by atoms with van der Waals surface area (Å²) in [6, 6.07) is -0.653. The minimum absolute atomic E-state index is 0.0494. The molecule has 4 nitrogen and oxygen atoms in total. The summed E-state index contributed by atoms with van der Waals surface area (Å²) in [6.45, 7) is 3.78. The topological polar surface area (TPSA) is 57.6 Å². The maximum absolute atomic E-state index is 11.1. The quantitative estimate of drug-likeness (QED) is 0.626. The zero-order valence-electron chi connectivity index (χ0n) is 9.85. The monoisotopic (exact) mass is 277 g/mol. The van der Waals surface area contributed by atoms with Gasteiger partial charge in [-0.3, -0.25) is 0 Å². The van der Waals surface area contributed by atoms with Crippen molar-refractivity contribution < 1.29 is 14.7 Å². The van der Waals surface area contributed by atoms with Crippen LogP contribution in [-0.4, -0.2) is 44.7 Å². The van der Waals surface area contributed by atoms with E-state index in [1.807, 2.05) is 6.92 Å². The van der Waals surface area contributed by atoms with Gasteiger partial charge in [-0.15, -0.1) is 11.6 Å². The van der Waals surface area contributed by atoms with Gasteiger partial charge in [-0.25, -0.2) is 4.79 Å². The second-order valence-corrected chi connectivity index (χ2v) is 5.52. The first-order valence-electron chi connectivity index (χ1n) is 5.49. The standard InChI is InChI=1S/C11H16ClNO3S/c1-6(3-7(2)14)10(17)13-5-8(12)4-9(13)11(15)16/h6,8-9H,3-5H2,1-2H3,(H,15,16)/t6?,8?,9-/m0/s1. The van der Waals surface area contributed by atoms with Crippen LogP contribution in [0.4, 0.5) is 0 Å². The van der Waals surface area contributed by atoms with Gasteiger partial charge in [0.15, 0.2) is 0 Å². The number of thiocarbonyl (C=S) groups is 1. The molecule has 1 rings (SSSR count). The molecular formula is C11H16ClNO3S. The Morgan fingerprint density at radius 3 is 2.65 bits per heavy atom. The summed E-state index contributed by atoms with van der Waals surface area (Å²) in [5.41, 5.74) is 0.